The zero-order chi connectivity index (χ0) is 11.3. The number of nitrogens with one attached hydrogen (secondary N) is 1. The van der Waals surface area contributed by atoms with Gasteiger partial charge in [0.25, 0.3) is 0 Å². The van der Waals surface area contributed by atoms with Crippen molar-refractivity contribution in [2.75, 3.05) is 0 Å². The standard InChI is InChI=1S/C12H22BrNO/c1-9(13)12(15)14-10(2)11-7-5-3-4-6-8-11/h9-11H,3-8H2,1-2H3,(H,14,15)/t9?,10-/m0/s1. The molecule has 0 saturated heterocycles. The summed E-state index contributed by atoms with van der Waals surface area (Å²) in [6.45, 7) is 4.01. The molecule has 0 aliphatic heterocycles. The van der Waals surface area contributed by atoms with Crippen molar-refractivity contribution in [3.8, 4) is 0 Å². The largest absolute Gasteiger partial charge is 0.352 e. The van der Waals surface area contributed by atoms with Crippen molar-refractivity contribution in [3.63, 3.8) is 0 Å². The number of alkyl halides is 1. The first kappa shape index (κ1) is 13.0. The molecule has 1 rings (SSSR count). The minimum atomic E-state index is -0.0780. The highest BCUT2D eigenvalue weighted by molar-refractivity contribution is 9.10. The molecule has 0 bridgehead atoms. The van der Waals surface area contributed by atoms with Crippen LogP contribution in [0.4, 0.5) is 0 Å². The van der Waals surface area contributed by atoms with Crippen molar-refractivity contribution >= 4 is 21.8 Å². The third kappa shape index (κ3) is 4.54. The monoisotopic (exact) mass is 275 g/mol. The molecule has 0 aromatic carbocycles. The second-order valence-electron chi connectivity index (χ2n) is 4.66. The Morgan fingerprint density at radius 2 is 1.73 bits per heavy atom. The Balaban J connectivity index is 2.37. The molecule has 0 spiro atoms. The fourth-order valence-corrected chi connectivity index (χ4v) is 2.40. The van der Waals surface area contributed by atoms with E-state index in [2.05, 4.69) is 28.2 Å². The Kier molecular flexibility index (Phi) is 5.65. The van der Waals surface area contributed by atoms with Gasteiger partial charge in [0.15, 0.2) is 0 Å². The molecule has 1 unspecified atom stereocenters. The molecule has 1 amide bonds. The molecule has 0 aromatic rings. The number of rotatable bonds is 3. The van der Waals surface area contributed by atoms with Crippen LogP contribution < -0.4 is 5.32 Å². The quantitative estimate of drug-likeness (QED) is 0.622. The Morgan fingerprint density at radius 1 is 1.20 bits per heavy atom. The lowest BCUT2D eigenvalue weighted by molar-refractivity contribution is -0.121. The average molecular weight is 276 g/mol. The second-order valence-corrected chi connectivity index (χ2v) is 6.04. The van der Waals surface area contributed by atoms with E-state index >= 15 is 0 Å². The van der Waals surface area contributed by atoms with E-state index in [1.54, 1.807) is 0 Å². The topological polar surface area (TPSA) is 29.1 Å². The van der Waals surface area contributed by atoms with E-state index in [0.717, 1.165) is 0 Å². The number of hydrogen-bond donors (Lipinski definition) is 1. The molecule has 2 atom stereocenters. The number of amides is 1. The predicted octanol–water partition coefficient (Wildman–Crippen LogP) is 3.24. The first-order valence-electron chi connectivity index (χ1n) is 6.05. The highest BCUT2D eigenvalue weighted by atomic mass is 79.9. The van der Waals surface area contributed by atoms with Crippen LogP contribution in [0.15, 0.2) is 0 Å². The Labute approximate surface area is 101 Å². The van der Waals surface area contributed by atoms with E-state index in [1.165, 1.54) is 38.5 Å². The van der Waals surface area contributed by atoms with E-state index in [0.29, 0.717) is 12.0 Å². The molecule has 1 fully saturated rings. The van der Waals surface area contributed by atoms with Crippen LogP contribution in [0.3, 0.4) is 0 Å². The molecule has 3 heteroatoms. The molecular formula is C12H22BrNO. The summed E-state index contributed by atoms with van der Waals surface area (Å²) in [4.78, 5) is 11.4. The fraction of sp³-hybridized carbons (Fsp3) is 0.917. The van der Waals surface area contributed by atoms with Gasteiger partial charge in [-0.2, -0.15) is 0 Å². The Bertz CT molecular complexity index is 198. The Hall–Kier alpha value is -0.0500. The minimum Gasteiger partial charge on any atom is -0.352 e. The summed E-state index contributed by atoms with van der Waals surface area (Å²) < 4.78 is 0. The summed E-state index contributed by atoms with van der Waals surface area (Å²) in [7, 11) is 0. The molecule has 1 N–H and O–H groups in total. The highest BCUT2D eigenvalue weighted by Crippen LogP contribution is 2.25. The summed E-state index contributed by atoms with van der Waals surface area (Å²) in [5, 5.41) is 3.09. The normalized spacial score (nSPS) is 22.9. The number of carbonyl (C=O) groups excluding carboxylic acids is 1. The van der Waals surface area contributed by atoms with Crippen molar-refractivity contribution in [3.05, 3.63) is 0 Å². The summed E-state index contributed by atoms with van der Waals surface area (Å²) in [5.74, 6) is 0.800. The summed E-state index contributed by atoms with van der Waals surface area (Å²) in [6.07, 6.45) is 7.94. The lowest BCUT2D eigenvalue weighted by Crippen LogP contribution is -2.41. The third-order valence-electron chi connectivity index (χ3n) is 3.34. The fourth-order valence-electron chi connectivity index (χ4n) is 2.27. The molecule has 1 aliphatic rings. The van der Waals surface area contributed by atoms with Gasteiger partial charge in [0.1, 0.15) is 0 Å². The molecule has 15 heavy (non-hydrogen) atoms. The third-order valence-corrected chi connectivity index (χ3v) is 3.75. The van der Waals surface area contributed by atoms with Crippen LogP contribution in [0.5, 0.6) is 0 Å². The second kappa shape index (κ2) is 6.51. The number of halogens is 1. The SMILES string of the molecule is CC(Br)C(=O)N[C@@H](C)C1CCCCCC1. The lowest BCUT2D eigenvalue weighted by Gasteiger charge is -2.24. The summed E-state index contributed by atoms with van der Waals surface area (Å²) >= 11 is 3.30. The molecule has 88 valence electrons. The maximum atomic E-state index is 11.5. The smallest absolute Gasteiger partial charge is 0.233 e. The zero-order valence-electron chi connectivity index (χ0n) is 9.76. The van der Waals surface area contributed by atoms with E-state index < -0.39 is 0 Å². The maximum Gasteiger partial charge on any atom is 0.233 e. The van der Waals surface area contributed by atoms with Crippen LogP contribution in [0.1, 0.15) is 52.4 Å². The van der Waals surface area contributed by atoms with Gasteiger partial charge in [0.05, 0.1) is 4.83 Å². The number of hydrogen-bond acceptors (Lipinski definition) is 1. The van der Waals surface area contributed by atoms with Gasteiger partial charge in [0.2, 0.25) is 5.91 Å². The average Bonchev–Trinajstić information content (AvgIpc) is 2.45. The van der Waals surface area contributed by atoms with Gasteiger partial charge in [-0.25, -0.2) is 0 Å². The summed E-state index contributed by atoms with van der Waals surface area (Å²) in [6, 6.07) is 0.329. The van der Waals surface area contributed by atoms with Crippen LogP contribution in [0, 0.1) is 5.92 Å². The first-order valence-corrected chi connectivity index (χ1v) is 6.97. The van der Waals surface area contributed by atoms with Crippen LogP contribution in [-0.2, 0) is 4.79 Å². The van der Waals surface area contributed by atoms with Gasteiger partial charge in [-0.15, -0.1) is 0 Å². The van der Waals surface area contributed by atoms with Gasteiger partial charge >= 0.3 is 0 Å². The molecular weight excluding hydrogens is 254 g/mol. The molecule has 2 nitrogen and oxygen atoms in total. The maximum absolute atomic E-state index is 11.5. The van der Waals surface area contributed by atoms with E-state index in [4.69, 9.17) is 0 Å². The number of carbonyl (C=O) groups is 1. The molecule has 0 aromatic heterocycles. The van der Waals surface area contributed by atoms with E-state index in [9.17, 15) is 4.79 Å². The first-order chi connectivity index (χ1) is 7.11. The minimum absolute atomic E-state index is 0.0780. The predicted molar refractivity (Wildman–Crippen MR) is 67.2 cm³/mol. The van der Waals surface area contributed by atoms with Crippen molar-refractivity contribution in [1.29, 1.82) is 0 Å². The van der Waals surface area contributed by atoms with Crippen molar-refractivity contribution in [1.82, 2.24) is 5.32 Å². The van der Waals surface area contributed by atoms with Gasteiger partial charge in [0, 0.05) is 6.04 Å². The highest BCUT2D eigenvalue weighted by Gasteiger charge is 2.21. The van der Waals surface area contributed by atoms with Gasteiger partial charge in [-0.1, -0.05) is 41.6 Å². The van der Waals surface area contributed by atoms with Crippen molar-refractivity contribution in [2.24, 2.45) is 5.92 Å². The van der Waals surface area contributed by atoms with Crippen LogP contribution in [-0.4, -0.2) is 16.8 Å². The molecule has 1 aliphatic carbocycles. The van der Waals surface area contributed by atoms with Crippen LogP contribution >= 0.6 is 15.9 Å². The Morgan fingerprint density at radius 3 is 2.20 bits per heavy atom. The van der Waals surface area contributed by atoms with Crippen LogP contribution in [0.2, 0.25) is 0 Å². The molecule has 0 heterocycles. The van der Waals surface area contributed by atoms with Crippen molar-refractivity contribution in [2.45, 2.75) is 63.2 Å². The van der Waals surface area contributed by atoms with Crippen molar-refractivity contribution < 1.29 is 4.79 Å². The van der Waals surface area contributed by atoms with E-state index in [1.807, 2.05) is 6.92 Å². The van der Waals surface area contributed by atoms with Crippen LogP contribution in [0.25, 0.3) is 0 Å². The van der Waals surface area contributed by atoms with Gasteiger partial charge < -0.3 is 5.32 Å². The van der Waals surface area contributed by atoms with Gasteiger partial charge in [-0.05, 0) is 32.6 Å². The van der Waals surface area contributed by atoms with E-state index in [-0.39, 0.29) is 10.7 Å². The molecule has 1 saturated carbocycles. The molecule has 0 radical (unpaired) electrons. The zero-order valence-corrected chi connectivity index (χ0v) is 11.3. The van der Waals surface area contributed by atoms with Gasteiger partial charge in [-0.3, -0.25) is 4.79 Å². The lowest BCUT2D eigenvalue weighted by atomic mass is 9.93. The summed E-state index contributed by atoms with van der Waals surface area (Å²) in [5.41, 5.74) is 0.